The normalized spacial score (nSPS) is 21.6. The molecule has 1 rings (SSSR count). The molecule has 0 radical (unpaired) electrons. The largest absolute Gasteiger partial charge is 0.469 e. The second-order valence-corrected chi connectivity index (χ2v) is 6.87. The van der Waals surface area contributed by atoms with Crippen LogP contribution in [0.1, 0.15) is 19.8 Å². The molecule has 1 fully saturated rings. The summed E-state index contributed by atoms with van der Waals surface area (Å²) < 4.78 is 27.3. The fraction of sp³-hybridized carbons (Fsp3) is 0.909. The minimum absolute atomic E-state index is 0.0391. The fourth-order valence-corrected chi connectivity index (χ4v) is 2.90. The van der Waals surface area contributed by atoms with Gasteiger partial charge in [-0.15, -0.1) is 0 Å². The summed E-state index contributed by atoms with van der Waals surface area (Å²) in [6.45, 7) is 3.95. The number of hydrogen-bond acceptors (Lipinski definition) is 5. The van der Waals surface area contributed by atoms with Crippen LogP contribution in [-0.4, -0.2) is 57.5 Å². The highest BCUT2D eigenvalue weighted by Crippen LogP contribution is 2.17. The van der Waals surface area contributed by atoms with Crippen LogP contribution >= 0.6 is 0 Å². The van der Waals surface area contributed by atoms with Crippen molar-refractivity contribution in [2.75, 3.05) is 38.2 Å². The number of sulfone groups is 1. The van der Waals surface area contributed by atoms with Crippen molar-refractivity contribution in [3.8, 4) is 0 Å². The Kier molecular flexibility index (Phi) is 5.39. The Morgan fingerprint density at radius 3 is 2.76 bits per heavy atom. The van der Waals surface area contributed by atoms with Crippen molar-refractivity contribution in [2.24, 2.45) is 5.92 Å². The Labute approximate surface area is 103 Å². The van der Waals surface area contributed by atoms with Gasteiger partial charge in [0, 0.05) is 12.3 Å². The summed E-state index contributed by atoms with van der Waals surface area (Å²) in [5.41, 5.74) is 0. The molecule has 0 amide bonds. The maximum Gasteiger partial charge on any atom is 0.310 e. The quantitative estimate of drug-likeness (QED) is 0.645. The van der Waals surface area contributed by atoms with E-state index in [1.807, 2.05) is 0 Å². The number of likely N-dealkylation sites (tertiary alicyclic amines) is 1. The molecule has 1 atom stereocenters. The van der Waals surface area contributed by atoms with Crippen LogP contribution in [0.4, 0.5) is 0 Å². The lowest BCUT2D eigenvalue weighted by molar-refractivity contribution is -0.144. The summed E-state index contributed by atoms with van der Waals surface area (Å²) in [6.07, 6.45) is 1.46. The average molecular weight is 263 g/mol. The molecule has 6 heteroatoms. The molecule has 0 aromatic carbocycles. The van der Waals surface area contributed by atoms with E-state index in [0.29, 0.717) is 13.0 Å². The molecular weight excluding hydrogens is 242 g/mol. The number of esters is 1. The molecule has 1 unspecified atom stereocenters. The van der Waals surface area contributed by atoms with Gasteiger partial charge in [-0.1, -0.05) is 6.92 Å². The van der Waals surface area contributed by atoms with E-state index in [1.165, 1.54) is 7.11 Å². The maximum atomic E-state index is 11.3. The van der Waals surface area contributed by atoms with Crippen LogP contribution in [0.5, 0.6) is 0 Å². The number of nitrogens with zero attached hydrogens (tertiary/aromatic N) is 1. The molecule has 1 aliphatic heterocycles. The van der Waals surface area contributed by atoms with Crippen molar-refractivity contribution < 1.29 is 17.9 Å². The highest BCUT2D eigenvalue weighted by molar-refractivity contribution is 7.91. The molecule has 0 aromatic heterocycles. The average Bonchev–Trinajstić information content (AvgIpc) is 2.76. The van der Waals surface area contributed by atoms with Crippen molar-refractivity contribution in [1.82, 2.24) is 4.90 Å². The Balaban J connectivity index is 2.25. The predicted molar refractivity (Wildman–Crippen MR) is 65.5 cm³/mol. The van der Waals surface area contributed by atoms with E-state index >= 15 is 0 Å². The van der Waals surface area contributed by atoms with Crippen LogP contribution in [0.15, 0.2) is 0 Å². The number of rotatable bonds is 6. The van der Waals surface area contributed by atoms with E-state index in [1.54, 1.807) is 6.92 Å². The minimum Gasteiger partial charge on any atom is -0.469 e. The summed E-state index contributed by atoms with van der Waals surface area (Å²) in [7, 11) is -1.46. The van der Waals surface area contributed by atoms with Gasteiger partial charge in [0.1, 0.15) is 9.84 Å². The van der Waals surface area contributed by atoms with Crippen molar-refractivity contribution in [1.29, 1.82) is 0 Å². The van der Waals surface area contributed by atoms with Gasteiger partial charge in [0.05, 0.1) is 18.8 Å². The van der Waals surface area contributed by atoms with Crippen LogP contribution in [0, 0.1) is 5.92 Å². The zero-order chi connectivity index (χ0) is 12.9. The molecule has 1 saturated heterocycles. The summed E-state index contributed by atoms with van der Waals surface area (Å²) in [5, 5.41) is 0. The van der Waals surface area contributed by atoms with E-state index in [4.69, 9.17) is 4.74 Å². The van der Waals surface area contributed by atoms with Gasteiger partial charge in [0.2, 0.25) is 0 Å². The van der Waals surface area contributed by atoms with Crippen molar-refractivity contribution >= 4 is 15.8 Å². The van der Waals surface area contributed by atoms with Gasteiger partial charge in [-0.2, -0.15) is 0 Å². The van der Waals surface area contributed by atoms with Gasteiger partial charge in [-0.25, -0.2) is 8.42 Å². The second kappa shape index (κ2) is 6.35. The highest BCUT2D eigenvalue weighted by atomic mass is 32.2. The fourth-order valence-electron chi connectivity index (χ4n) is 2.05. The van der Waals surface area contributed by atoms with E-state index in [2.05, 4.69) is 4.90 Å². The van der Waals surface area contributed by atoms with Crippen molar-refractivity contribution in [3.05, 3.63) is 0 Å². The summed E-state index contributed by atoms with van der Waals surface area (Å²) in [6, 6.07) is 0. The Bertz CT molecular complexity index is 352. The first-order valence-electron chi connectivity index (χ1n) is 5.99. The Hall–Kier alpha value is -0.620. The SMILES string of the molecule is CCS(=O)(=O)CCCN1CCC(C(=O)OC)C1. The molecule has 0 saturated carbocycles. The first kappa shape index (κ1) is 14.4. The summed E-state index contributed by atoms with van der Waals surface area (Å²) >= 11 is 0. The number of hydrogen-bond donors (Lipinski definition) is 0. The predicted octanol–water partition coefficient (Wildman–Crippen LogP) is 0.306. The van der Waals surface area contributed by atoms with E-state index < -0.39 is 9.84 Å². The zero-order valence-corrected chi connectivity index (χ0v) is 11.3. The smallest absolute Gasteiger partial charge is 0.310 e. The molecule has 100 valence electrons. The van der Waals surface area contributed by atoms with Crippen molar-refractivity contribution in [3.63, 3.8) is 0 Å². The van der Waals surface area contributed by atoms with Gasteiger partial charge >= 0.3 is 5.97 Å². The van der Waals surface area contributed by atoms with Gasteiger partial charge in [0.25, 0.3) is 0 Å². The topological polar surface area (TPSA) is 63.7 Å². The Morgan fingerprint density at radius 2 is 2.18 bits per heavy atom. The van der Waals surface area contributed by atoms with Gasteiger partial charge in [-0.05, 0) is 25.9 Å². The monoisotopic (exact) mass is 263 g/mol. The Morgan fingerprint density at radius 1 is 1.47 bits per heavy atom. The molecular formula is C11H21NO4S. The third-order valence-electron chi connectivity index (χ3n) is 3.18. The van der Waals surface area contributed by atoms with E-state index in [-0.39, 0.29) is 23.4 Å². The molecule has 0 aliphatic carbocycles. The van der Waals surface area contributed by atoms with Crippen LogP contribution in [0.3, 0.4) is 0 Å². The number of carbonyl (C=O) groups excluding carboxylic acids is 1. The molecule has 0 bridgehead atoms. The molecule has 17 heavy (non-hydrogen) atoms. The number of methoxy groups -OCH3 is 1. The van der Waals surface area contributed by atoms with Crippen LogP contribution in [0.25, 0.3) is 0 Å². The van der Waals surface area contributed by atoms with Gasteiger partial charge in [0.15, 0.2) is 0 Å². The van der Waals surface area contributed by atoms with Crippen LogP contribution in [-0.2, 0) is 19.4 Å². The third-order valence-corrected chi connectivity index (χ3v) is 4.97. The first-order valence-corrected chi connectivity index (χ1v) is 7.81. The molecule has 0 aromatic rings. The lowest BCUT2D eigenvalue weighted by Crippen LogP contribution is -2.26. The van der Waals surface area contributed by atoms with Gasteiger partial charge < -0.3 is 9.64 Å². The molecule has 0 N–H and O–H groups in total. The molecule has 0 spiro atoms. The van der Waals surface area contributed by atoms with Crippen LogP contribution < -0.4 is 0 Å². The molecule has 1 heterocycles. The highest BCUT2D eigenvalue weighted by Gasteiger charge is 2.28. The first-order chi connectivity index (χ1) is 7.98. The minimum atomic E-state index is -2.86. The zero-order valence-electron chi connectivity index (χ0n) is 10.5. The number of carbonyl (C=O) groups is 1. The standard InChI is InChI=1S/C11H21NO4S/c1-3-17(14,15)8-4-6-12-7-5-10(9-12)11(13)16-2/h10H,3-9H2,1-2H3. The maximum absolute atomic E-state index is 11.3. The summed E-state index contributed by atoms with van der Waals surface area (Å²) in [5.74, 6) is 0.247. The summed E-state index contributed by atoms with van der Waals surface area (Å²) in [4.78, 5) is 13.4. The van der Waals surface area contributed by atoms with Crippen molar-refractivity contribution in [2.45, 2.75) is 19.8 Å². The van der Waals surface area contributed by atoms with Gasteiger partial charge in [-0.3, -0.25) is 4.79 Å². The molecule has 1 aliphatic rings. The van der Waals surface area contributed by atoms with E-state index in [0.717, 1.165) is 19.5 Å². The van der Waals surface area contributed by atoms with Crippen LogP contribution in [0.2, 0.25) is 0 Å². The lowest BCUT2D eigenvalue weighted by atomic mass is 10.1. The number of ether oxygens (including phenoxy) is 1. The second-order valence-electron chi connectivity index (χ2n) is 4.40. The van der Waals surface area contributed by atoms with E-state index in [9.17, 15) is 13.2 Å². The molecule has 5 nitrogen and oxygen atoms in total. The third kappa shape index (κ3) is 4.63. The lowest BCUT2D eigenvalue weighted by Gasteiger charge is -2.14.